The predicted octanol–water partition coefficient (Wildman–Crippen LogP) is 2.02. The minimum Gasteiger partial charge on any atom is -0.365 e. The van der Waals surface area contributed by atoms with Crippen molar-refractivity contribution >= 4 is 22.4 Å². The first kappa shape index (κ1) is 13.5. The van der Waals surface area contributed by atoms with E-state index in [-0.39, 0.29) is 11.9 Å². The second kappa shape index (κ2) is 5.40. The van der Waals surface area contributed by atoms with Crippen molar-refractivity contribution in [2.75, 3.05) is 12.4 Å². The number of carbonyl (C=O) groups excluding carboxylic acids is 1. The molecule has 6 nitrogen and oxygen atoms in total. The Bertz CT molecular complexity index is 569. The van der Waals surface area contributed by atoms with Gasteiger partial charge >= 0.3 is 0 Å². The summed E-state index contributed by atoms with van der Waals surface area (Å²) in [5, 5.41) is 15.4. The van der Waals surface area contributed by atoms with E-state index in [2.05, 4.69) is 25.8 Å². The molecule has 3 N–H and O–H groups in total. The highest BCUT2D eigenvalue weighted by Gasteiger charge is 2.18. The first-order chi connectivity index (χ1) is 9.02. The molecule has 0 aliphatic carbocycles. The molecule has 1 unspecified atom stereocenters. The minimum atomic E-state index is -0.176. The summed E-state index contributed by atoms with van der Waals surface area (Å²) in [5.41, 5.74) is 3.33. The van der Waals surface area contributed by atoms with E-state index in [0.29, 0.717) is 5.69 Å². The number of carbonyl (C=O) groups is 1. The van der Waals surface area contributed by atoms with Crippen molar-refractivity contribution in [3.05, 3.63) is 28.0 Å². The molecule has 0 saturated carbocycles. The van der Waals surface area contributed by atoms with Gasteiger partial charge in [0.1, 0.15) is 5.69 Å². The van der Waals surface area contributed by atoms with Gasteiger partial charge in [0.2, 0.25) is 0 Å². The van der Waals surface area contributed by atoms with Gasteiger partial charge in [0, 0.05) is 23.7 Å². The van der Waals surface area contributed by atoms with E-state index in [1.165, 1.54) is 11.3 Å². The van der Waals surface area contributed by atoms with Crippen LogP contribution in [0.2, 0.25) is 0 Å². The van der Waals surface area contributed by atoms with Gasteiger partial charge in [0.05, 0.1) is 11.7 Å². The fraction of sp³-hybridized carbons (Fsp3) is 0.417. The molecule has 0 fully saturated rings. The summed E-state index contributed by atoms with van der Waals surface area (Å²) < 4.78 is 0. The van der Waals surface area contributed by atoms with Crippen LogP contribution >= 0.6 is 11.3 Å². The quantitative estimate of drug-likeness (QED) is 0.799. The number of amides is 1. The predicted molar refractivity (Wildman–Crippen MR) is 75.6 cm³/mol. The third-order valence-electron chi connectivity index (χ3n) is 2.92. The maximum absolute atomic E-state index is 12.1. The third kappa shape index (κ3) is 2.76. The Morgan fingerprint density at radius 3 is 2.74 bits per heavy atom. The van der Waals surface area contributed by atoms with Crippen molar-refractivity contribution in [3.63, 3.8) is 0 Å². The molecule has 0 aromatic carbocycles. The molecule has 2 rings (SSSR count). The van der Waals surface area contributed by atoms with E-state index in [9.17, 15) is 4.79 Å². The van der Waals surface area contributed by atoms with Gasteiger partial charge in [-0.05, 0) is 20.8 Å². The fourth-order valence-electron chi connectivity index (χ4n) is 2.03. The van der Waals surface area contributed by atoms with Crippen LogP contribution < -0.4 is 10.6 Å². The van der Waals surface area contributed by atoms with Crippen molar-refractivity contribution in [3.8, 4) is 0 Å². The molecule has 2 heterocycles. The number of nitrogens with one attached hydrogen (secondary N) is 3. The molecular weight excluding hydrogens is 262 g/mol. The Hall–Kier alpha value is -1.89. The highest BCUT2D eigenvalue weighted by atomic mass is 32.1. The average Bonchev–Trinajstić information content (AvgIpc) is 2.96. The summed E-state index contributed by atoms with van der Waals surface area (Å²) >= 11 is 1.41. The van der Waals surface area contributed by atoms with Crippen LogP contribution in [0.3, 0.4) is 0 Å². The van der Waals surface area contributed by atoms with Gasteiger partial charge in [0.25, 0.3) is 5.91 Å². The van der Waals surface area contributed by atoms with Crippen LogP contribution in [0.4, 0.5) is 5.13 Å². The number of nitrogens with zero attached hydrogens (tertiary/aromatic N) is 2. The van der Waals surface area contributed by atoms with E-state index in [4.69, 9.17) is 0 Å². The number of hydrogen-bond acceptors (Lipinski definition) is 5. The van der Waals surface area contributed by atoms with Crippen LogP contribution in [-0.4, -0.2) is 28.1 Å². The minimum absolute atomic E-state index is 0.106. The Kier molecular flexibility index (Phi) is 3.84. The second-order valence-electron chi connectivity index (χ2n) is 4.33. The number of hydrogen-bond donors (Lipinski definition) is 3. The molecular formula is C12H17N5OS. The van der Waals surface area contributed by atoms with Crippen LogP contribution in [0.5, 0.6) is 0 Å². The molecule has 102 valence electrons. The number of aryl methyl sites for hydroxylation is 2. The largest absolute Gasteiger partial charge is 0.365 e. The maximum atomic E-state index is 12.1. The first-order valence-corrected chi connectivity index (χ1v) is 6.86. The van der Waals surface area contributed by atoms with E-state index in [0.717, 1.165) is 22.1 Å². The van der Waals surface area contributed by atoms with Crippen LogP contribution in [0.15, 0.2) is 5.38 Å². The number of aromatic nitrogens is 3. The van der Waals surface area contributed by atoms with Crippen LogP contribution in [0.25, 0.3) is 0 Å². The van der Waals surface area contributed by atoms with Crippen molar-refractivity contribution in [1.29, 1.82) is 0 Å². The van der Waals surface area contributed by atoms with Gasteiger partial charge in [-0.2, -0.15) is 5.10 Å². The number of H-pyrrole nitrogens is 1. The Morgan fingerprint density at radius 1 is 1.47 bits per heavy atom. The molecule has 1 amide bonds. The maximum Gasteiger partial charge on any atom is 0.271 e. The number of rotatable bonds is 4. The molecule has 2 aromatic rings. The van der Waals surface area contributed by atoms with Gasteiger partial charge in [0.15, 0.2) is 5.13 Å². The Morgan fingerprint density at radius 2 is 2.21 bits per heavy atom. The lowest BCUT2D eigenvalue weighted by Crippen LogP contribution is -2.27. The molecule has 0 spiro atoms. The highest BCUT2D eigenvalue weighted by molar-refractivity contribution is 7.13. The molecule has 0 bridgehead atoms. The lowest BCUT2D eigenvalue weighted by Gasteiger charge is -2.13. The molecule has 19 heavy (non-hydrogen) atoms. The average molecular weight is 279 g/mol. The van der Waals surface area contributed by atoms with Gasteiger partial charge < -0.3 is 10.6 Å². The van der Waals surface area contributed by atoms with Gasteiger partial charge in [-0.1, -0.05) is 0 Å². The van der Waals surface area contributed by atoms with E-state index in [1.54, 1.807) is 12.4 Å². The molecule has 7 heteroatoms. The van der Waals surface area contributed by atoms with Gasteiger partial charge in [-0.25, -0.2) is 4.98 Å². The first-order valence-electron chi connectivity index (χ1n) is 5.98. The third-order valence-corrected chi connectivity index (χ3v) is 3.78. The Labute approximate surface area is 115 Å². The van der Waals surface area contributed by atoms with Crippen molar-refractivity contribution in [2.45, 2.75) is 26.8 Å². The van der Waals surface area contributed by atoms with Crippen molar-refractivity contribution in [1.82, 2.24) is 20.5 Å². The monoisotopic (exact) mass is 279 g/mol. The standard InChI is InChI=1S/C12H17N5OS/c1-6(10-7(2)16-17-8(10)3)14-11(18)9-5-19-12(13-4)15-9/h5-6H,1-4H3,(H,13,15)(H,14,18)(H,16,17). The number of anilines is 1. The molecule has 0 radical (unpaired) electrons. The summed E-state index contributed by atoms with van der Waals surface area (Å²) in [4.78, 5) is 16.3. The van der Waals surface area contributed by atoms with Gasteiger partial charge in [-0.15, -0.1) is 11.3 Å². The molecule has 1 atom stereocenters. The van der Waals surface area contributed by atoms with E-state index >= 15 is 0 Å². The SMILES string of the molecule is CNc1nc(C(=O)NC(C)c2c(C)n[nH]c2C)cs1. The van der Waals surface area contributed by atoms with Crippen LogP contribution in [0.1, 0.15) is 40.4 Å². The zero-order valence-corrected chi connectivity index (χ0v) is 12.2. The van der Waals surface area contributed by atoms with Gasteiger partial charge in [-0.3, -0.25) is 9.89 Å². The van der Waals surface area contributed by atoms with Crippen LogP contribution in [-0.2, 0) is 0 Å². The van der Waals surface area contributed by atoms with Crippen LogP contribution in [0, 0.1) is 13.8 Å². The molecule has 0 aliphatic rings. The summed E-state index contributed by atoms with van der Waals surface area (Å²) in [6.07, 6.45) is 0. The fourth-order valence-corrected chi connectivity index (χ4v) is 2.69. The summed E-state index contributed by atoms with van der Waals surface area (Å²) in [6, 6.07) is -0.106. The molecule has 0 aliphatic heterocycles. The lowest BCUT2D eigenvalue weighted by atomic mass is 10.1. The van der Waals surface area contributed by atoms with E-state index in [1.807, 2.05) is 20.8 Å². The zero-order valence-electron chi connectivity index (χ0n) is 11.4. The topological polar surface area (TPSA) is 82.7 Å². The summed E-state index contributed by atoms with van der Waals surface area (Å²) in [6.45, 7) is 5.80. The van der Waals surface area contributed by atoms with E-state index < -0.39 is 0 Å². The second-order valence-corrected chi connectivity index (χ2v) is 5.19. The number of aromatic amines is 1. The number of thiazole rings is 1. The lowest BCUT2D eigenvalue weighted by molar-refractivity contribution is 0.0935. The summed E-state index contributed by atoms with van der Waals surface area (Å²) in [5.74, 6) is -0.176. The summed E-state index contributed by atoms with van der Waals surface area (Å²) in [7, 11) is 1.78. The Balaban J connectivity index is 2.10. The highest BCUT2D eigenvalue weighted by Crippen LogP contribution is 2.20. The molecule has 0 saturated heterocycles. The smallest absolute Gasteiger partial charge is 0.271 e. The molecule has 2 aromatic heterocycles. The zero-order chi connectivity index (χ0) is 14.0. The van der Waals surface area contributed by atoms with Crippen molar-refractivity contribution < 1.29 is 4.79 Å². The normalized spacial score (nSPS) is 12.2. The van der Waals surface area contributed by atoms with Crippen molar-refractivity contribution in [2.24, 2.45) is 0 Å².